The lowest BCUT2D eigenvalue weighted by molar-refractivity contribution is 0.408. The number of halogens is 2. The van der Waals surface area contributed by atoms with Crippen molar-refractivity contribution in [2.24, 2.45) is 4.99 Å². The number of rotatable bonds is 6. The highest BCUT2D eigenvalue weighted by atomic mass is 127. The van der Waals surface area contributed by atoms with E-state index in [1.807, 2.05) is 42.5 Å². The molecule has 25 heavy (non-hydrogen) atoms. The minimum Gasteiger partial charge on any atom is -0.496 e. The molecule has 0 spiro atoms. The van der Waals surface area contributed by atoms with E-state index in [4.69, 9.17) is 9.47 Å². The molecule has 7 heteroatoms. The SMILES string of the molecule is CN=C(NCc1ccccc1OC)NCc1cc(Br)ccc1OC.I. The van der Waals surface area contributed by atoms with E-state index in [-0.39, 0.29) is 24.0 Å². The molecule has 136 valence electrons. The quantitative estimate of drug-likeness (QED) is 0.345. The maximum atomic E-state index is 5.39. The van der Waals surface area contributed by atoms with E-state index >= 15 is 0 Å². The van der Waals surface area contributed by atoms with Crippen molar-refractivity contribution in [1.29, 1.82) is 0 Å². The molecule has 0 aliphatic heterocycles. The van der Waals surface area contributed by atoms with Gasteiger partial charge in [0.1, 0.15) is 11.5 Å². The van der Waals surface area contributed by atoms with Gasteiger partial charge in [-0.15, -0.1) is 24.0 Å². The first-order chi connectivity index (χ1) is 11.7. The summed E-state index contributed by atoms with van der Waals surface area (Å²) in [6.07, 6.45) is 0. The van der Waals surface area contributed by atoms with E-state index in [1.165, 1.54) is 0 Å². The molecular weight excluding hydrogens is 497 g/mol. The lowest BCUT2D eigenvalue weighted by atomic mass is 10.2. The van der Waals surface area contributed by atoms with Crippen LogP contribution in [0.3, 0.4) is 0 Å². The molecule has 0 bridgehead atoms. The van der Waals surface area contributed by atoms with Crippen LogP contribution in [0.1, 0.15) is 11.1 Å². The minimum absolute atomic E-state index is 0. The Kier molecular flexibility index (Phi) is 9.66. The number of guanidine groups is 1. The summed E-state index contributed by atoms with van der Waals surface area (Å²) in [5.74, 6) is 2.41. The van der Waals surface area contributed by atoms with Crippen LogP contribution >= 0.6 is 39.9 Å². The second-order valence-electron chi connectivity index (χ2n) is 5.05. The summed E-state index contributed by atoms with van der Waals surface area (Å²) in [5.41, 5.74) is 2.12. The van der Waals surface area contributed by atoms with Gasteiger partial charge in [0, 0.05) is 35.7 Å². The van der Waals surface area contributed by atoms with Gasteiger partial charge in [-0.05, 0) is 24.3 Å². The van der Waals surface area contributed by atoms with Crippen LogP contribution in [0.25, 0.3) is 0 Å². The number of benzene rings is 2. The van der Waals surface area contributed by atoms with Crippen molar-refractivity contribution in [3.63, 3.8) is 0 Å². The van der Waals surface area contributed by atoms with E-state index in [1.54, 1.807) is 21.3 Å². The fraction of sp³-hybridized carbons (Fsp3) is 0.278. The number of methoxy groups -OCH3 is 2. The van der Waals surface area contributed by atoms with Crippen molar-refractivity contribution in [2.45, 2.75) is 13.1 Å². The van der Waals surface area contributed by atoms with Gasteiger partial charge < -0.3 is 20.1 Å². The summed E-state index contributed by atoms with van der Waals surface area (Å²) in [6.45, 7) is 1.23. The summed E-state index contributed by atoms with van der Waals surface area (Å²) in [6, 6.07) is 13.8. The predicted molar refractivity (Wildman–Crippen MR) is 116 cm³/mol. The molecule has 2 aromatic rings. The van der Waals surface area contributed by atoms with Gasteiger partial charge in [0.05, 0.1) is 14.2 Å². The Morgan fingerprint density at radius 1 is 0.960 bits per heavy atom. The molecule has 0 radical (unpaired) electrons. The van der Waals surface area contributed by atoms with Crippen LogP contribution in [-0.4, -0.2) is 27.2 Å². The van der Waals surface area contributed by atoms with Gasteiger partial charge in [0.25, 0.3) is 0 Å². The van der Waals surface area contributed by atoms with Crippen molar-refractivity contribution < 1.29 is 9.47 Å². The fourth-order valence-corrected chi connectivity index (χ4v) is 2.72. The Balaban J connectivity index is 0.00000312. The summed E-state index contributed by atoms with van der Waals surface area (Å²) in [5, 5.41) is 6.58. The molecule has 0 unspecified atom stereocenters. The third-order valence-corrected chi connectivity index (χ3v) is 4.04. The molecule has 0 saturated carbocycles. The number of aliphatic imine (C=N–C) groups is 1. The molecule has 0 atom stereocenters. The van der Waals surface area contributed by atoms with Crippen LogP contribution < -0.4 is 20.1 Å². The number of nitrogens with zero attached hydrogens (tertiary/aromatic N) is 1. The van der Waals surface area contributed by atoms with E-state index in [0.29, 0.717) is 19.0 Å². The Bertz CT molecular complexity index is 710. The molecule has 2 rings (SSSR count). The second kappa shape index (κ2) is 11.2. The highest BCUT2D eigenvalue weighted by Gasteiger charge is 2.06. The van der Waals surface area contributed by atoms with Crippen LogP contribution in [0.15, 0.2) is 51.9 Å². The molecular formula is C18H23BrIN3O2. The minimum atomic E-state index is 0. The summed E-state index contributed by atoms with van der Waals surface area (Å²) < 4.78 is 11.8. The maximum absolute atomic E-state index is 5.39. The Morgan fingerprint density at radius 3 is 2.20 bits per heavy atom. The summed E-state index contributed by atoms with van der Waals surface area (Å²) in [4.78, 5) is 4.25. The van der Waals surface area contributed by atoms with Crippen molar-refractivity contribution in [1.82, 2.24) is 10.6 Å². The molecule has 2 aromatic carbocycles. The monoisotopic (exact) mass is 519 g/mol. The van der Waals surface area contributed by atoms with Gasteiger partial charge in [0.2, 0.25) is 0 Å². The maximum Gasteiger partial charge on any atom is 0.191 e. The normalized spacial score (nSPS) is 10.6. The number of hydrogen-bond donors (Lipinski definition) is 2. The van der Waals surface area contributed by atoms with Crippen LogP contribution in [-0.2, 0) is 13.1 Å². The number of para-hydroxylation sites is 1. The van der Waals surface area contributed by atoms with E-state index < -0.39 is 0 Å². The average Bonchev–Trinajstić information content (AvgIpc) is 2.62. The van der Waals surface area contributed by atoms with E-state index in [9.17, 15) is 0 Å². The second-order valence-corrected chi connectivity index (χ2v) is 5.96. The van der Waals surface area contributed by atoms with Crippen LogP contribution in [0.4, 0.5) is 0 Å². The first-order valence-electron chi connectivity index (χ1n) is 7.56. The number of nitrogens with one attached hydrogen (secondary N) is 2. The smallest absolute Gasteiger partial charge is 0.191 e. The van der Waals surface area contributed by atoms with Crippen LogP contribution in [0.2, 0.25) is 0 Å². The van der Waals surface area contributed by atoms with Crippen molar-refractivity contribution in [3.8, 4) is 11.5 Å². The van der Waals surface area contributed by atoms with E-state index in [0.717, 1.165) is 27.1 Å². The molecule has 0 aliphatic rings. The molecule has 2 N–H and O–H groups in total. The predicted octanol–water partition coefficient (Wildman–Crippen LogP) is 3.95. The summed E-state index contributed by atoms with van der Waals surface area (Å²) in [7, 11) is 5.09. The molecule has 5 nitrogen and oxygen atoms in total. The third kappa shape index (κ3) is 6.39. The van der Waals surface area contributed by atoms with E-state index in [2.05, 4.69) is 31.6 Å². The molecule has 0 amide bonds. The first-order valence-corrected chi connectivity index (χ1v) is 8.36. The highest BCUT2D eigenvalue weighted by molar-refractivity contribution is 14.0. The van der Waals surface area contributed by atoms with Crippen LogP contribution in [0.5, 0.6) is 11.5 Å². The zero-order chi connectivity index (χ0) is 17.4. The zero-order valence-corrected chi connectivity index (χ0v) is 18.4. The topological polar surface area (TPSA) is 54.9 Å². The standard InChI is InChI=1S/C18H22BrN3O2.HI/c1-20-18(21-11-13-6-4-5-7-16(13)23-2)22-12-14-10-15(19)8-9-17(14)24-3;/h4-10H,11-12H2,1-3H3,(H2,20,21,22);1H. The van der Waals surface area contributed by atoms with Gasteiger partial charge >= 0.3 is 0 Å². The lowest BCUT2D eigenvalue weighted by Crippen LogP contribution is -2.36. The van der Waals surface area contributed by atoms with Crippen molar-refractivity contribution >= 4 is 45.9 Å². The molecule has 0 heterocycles. The Labute approximate surface area is 174 Å². The Morgan fingerprint density at radius 2 is 1.56 bits per heavy atom. The Hall–Kier alpha value is -1.48. The zero-order valence-electron chi connectivity index (χ0n) is 14.5. The van der Waals surface area contributed by atoms with Crippen molar-refractivity contribution in [2.75, 3.05) is 21.3 Å². The molecule has 0 saturated heterocycles. The fourth-order valence-electron chi connectivity index (χ4n) is 2.31. The molecule has 0 aromatic heterocycles. The number of ether oxygens (including phenoxy) is 2. The van der Waals surface area contributed by atoms with Gasteiger partial charge in [0.15, 0.2) is 5.96 Å². The summed E-state index contributed by atoms with van der Waals surface area (Å²) >= 11 is 3.48. The number of hydrogen-bond acceptors (Lipinski definition) is 3. The lowest BCUT2D eigenvalue weighted by Gasteiger charge is -2.15. The van der Waals surface area contributed by atoms with Crippen molar-refractivity contribution in [3.05, 3.63) is 58.1 Å². The third-order valence-electron chi connectivity index (χ3n) is 3.55. The van der Waals surface area contributed by atoms with Crippen LogP contribution in [0, 0.1) is 0 Å². The average molecular weight is 520 g/mol. The highest BCUT2D eigenvalue weighted by Crippen LogP contribution is 2.22. The van der Waals surface area contributed by atoms with Gasteiger partial charge in [-0.2, -0.15) is 0 Å². The largest absolute Gasteiger partial charge is 0.496 e. The molecule has 0 aliphatic carbocycles. The van der Waals surface area contributed by atoms with Gasteiger partial charge in [-0.25, -0.2) is 0 Å². The molecule has 0 fully saturated rings. The van der Waals surface area contributed by atoms with Gasteiger partial charge in [-0.1, -0.05) is 34.1 Å². The first kappa shape index (κ1) is 21.6. The van der Waals surface area contributed by atoms with Gasteiger partial charge in [-0.3, -0.25) is 4.99 Å².